The molecule has 32 heavy (non-hydrogen) atoms. The first kappa shape index (κ1) is 25.1. The molecule has 3 rings (SSSR count). The lowest BCUT2D eigenvalue weighted by Gasteiger charge is -2.43. The number of hydrogen-bond acceptors (Lipinski definition) is 2. The molecule has 0 heterocycles. The number of nitrogens with zero attached hydrogens (tertiary/aromatic N) is 1. The Kier molecular flexibility index (Phi) is 7.63. The van der Waals surface area contributed by atoms with E-state index in [1.807, 2.05) is 27.0 Å². The van der Waals surface area contributed by atoms with Crippen molar-refractivity contribution in [1.29, 1.82) is 0 Å². The zero-order valence-corrected chi connectivity index (χ0v) is 22.5. The van der Waals surface area contributed by atoms with Crippen molar-refractivity contribution in [3.05, 3.63) is 60.7 Å². The van der Waals surface area contributed by atoms with Gasteiger partial charge in [0.25, 0.3) is 8.32 Å². The predicted molar refractivity (Wildman–Crippen MR) is 141 cm³/mol. The maximum absolute atomic E-state index is 12.3. The first-order valence-electron chi connectivity index (χ1n) is 11.7. The lowest BCUT2D eigenvalue weighted by Crippen LogP contribution is -2.66. The van der Waals surface area contributed by atoms with Crippen LogP contribution in [0, 0.1) is 17.8 Å². The second-order valence-corrected chi connectivity index (χ2v) is 17.3. The molecule has 2 aromatic carbocycles. The maximum atomic E-state index is 12.3. The molecule has 0 aliphatic heterocycles. The van der Waals surface area contributed by atoms with Gasteiger partial charge in [-0.2, -0.15) is 4.40 Å². The Hall–Kier alpha value is -1.56. The van der Waals surface area contributed by atoms with Gasteiger partial charge in [-0.3, -0.25) is 0 Å². The quantitative estimate of drug-likeness (QED) is 0.385. The minimum absolute atomic E-state index is 0.00320. The summed E-state index contributed by atoms with van der Waals surface area (Å²) in [6.45, 7) is 15.8. The Morgan fingerprint density at radius 2 is 1.50 bits per heavy atom. The predicted octanol–water partition coefficient (Wildman–Crippen LogP) is 5.37. The van der Waals surface area contributed by atoms with Crippen LogP contribution in [0.15, 0.2) is 65.1 Å². The van der Waals surface area contributed by atoms with Crippen molar-refractivity contribution in [3.8, 4) is 0 Å². The Bertz CT molecular complexity index is 892. The van der Waals surface area contributed by atoms with E-state index in [9.17, 15) is 4.21 Å². The van der Waals surface area contributed by atoms with E-state index in [1.165, 1.54) is 10.4 Å². The average molecular weight is 470 g/mol. The largest absolute Gasteiger partial charge is 0.407 e. The van der Waals surface area contributed by atoms with Crippen molar-refractivity contribution in [3.63, 3.8) is 0 Å². The van der Waals surface area contributed by atoms with Crippen LogP contribution < -0.4 is 10.4 Å². The SMILES string of the molecule is C[C@@H](/C=N/S(=O)C(C)(C)C)[C@@H]1C[C@@H]1CO[Si](c1ccccc1)(c1ccccc1)C(C)(C)C. The van der Waals surface area contributed by atoms with Crippen LogP contribution in [0.4, 0.5) is 0 Å². The molecular formula is C27H39NO2SSi. The lowest BCUT2D eigenvalue weighted by molar-refractivity contribution is 0.271. The number of hydrogen-bond donors (Lipinski definition) is 0. The summed E-state index contributed by atoms with van der Waals surface area (Å²) in [5, 5.41) is 2.65. The van der Waals surface area contributed by atoms with Gasteiger partial charge in [0.1, 0.15) is 11.0 Å². The van der Waals surface area contributed by atoms with Crippen molar-refractivity contribution >= 4 is 35.9 Å². The van der Waals surface area contributed by atoms with Crippen molar-refractivity contribution in [2.24, 2.45) is 22.2 Å². The summed E-state index contributed by atoms with van der Waals surface area (Å²) in [4.78, 5) is 0. The van der Waals surface area contributed by atoms with E-state index in [1.54, 1.807) is 0 Å². The Balaban J connectivity index is 1.80. The van der Waals surface area contributed by atoms with E-state index in [-0.39, 0.29) is 9.79 Å². The molecule has 4 atom stereocenters. The standard InChI is InChI=1S/C27H39NO2SSi/c1-21(19-28-31(29)26(2,3)4)25-18-22(25)20-30-32(27(5,6)7,23-14-10-8-11-15-23)24-16-12-9-13-17-24/h8-17,19,21-22,25H,18,20H2,1-7H3/b28-19+/t21-,22+,25-,31?/m0/s1. The summed E-state index contributed by atoms with van der Waals surface area (Å²) in [6.07, 6.45) is 3.06. The van der Waals surface area contributed by atoms with Gasteiger partial charge in [-0.1, -0.05) is 88.4 Å². The second kappa shape index (κ2) is 9.74. The van der Waals surface area contributed by atoms with Gasteiger partial charge >= 0.3 is 0 Å². The zero-order valence-electron chi connectivity index (χ0n) is 20.7. The van der Waals surface area contributed by atoms with Gasteiger partial charge < -0.3 is 4.43 Å². The Morgan fingerprint density at radius 3 is 1.94 bits per heavy atom. The third-order valence-corrected chi connectivity index (χ3v) is 12.9. The summed E-state index contributed by atoms with van der Waals surface area (Å²) in [5.41, 5.74) is 0. The van der Waals surface area contributed by atoms with Crippen LogP contribution in [0.2, 0.25) is 5.04 Å². The molecule has 1 unspecified atom stereocenters. The highest BCUT2D eigenvalue weighted by Crippen LogP contribution is 2.46. The molecule has 1 fully saturated rings. The number of benzene rings is 2. The molecule has 0 N–H and O–H groups in total. The maximum Gasteiger partial charge on any atom is 0.261 e. The van der Waals surface area contributed by atoms with Crippen LogP contribution in [0.1, 0.15) is 54.9 Å². The molecule has 5 heteroatoms. The molecule has 0 amide bonds. The Labute approximate surface area is 198 Å². The highest BCUT2D eigenvalue weighted by Gasteiger charge is 2.52. The molecule has 0 saturated heterocycles. The van der Waals surface area contributed by atoms with Gasteiger partial charge in [0.15, 0.2) is 0 Å². The summed E-state index contributed by atoms with van der Waals surface area (Å²) in [5.74, 6) is 1.39. The molecule has 174 valence electrons. The van der Waals surface area contributed by atoms with Crippen molar-refractivity contribution in [1.82, 2.24) is 0 Å². The van der Waals surface area contributed by atoms with E-state index in [4.69, 9.17) is 4.43 Å². The third kappa shape index (κ3) is 5.49. The smallest absolute Gasteiger partial charge is 0.261 e. The van der Waals surface area contributed by atoms with Crippen molar-refractivity contribution < 1.29 is 8.63 Å². The monoisotopic (exact) mass is 469 g/mol. The molecule has 1 aliphatic carbocycles. The highest BCUT2D eigenvalue weighted by atomic mass is 32.2. The summed E-state index contributed by atoms with van der Waals surface area (Å²) < 4.78 is 23.4. The second-order valence-electron chi connectivity index (χ2n) is 11.1. The van der Waals surface area contributed by atoms with E-state index in [0.29, 0.717) is 17.8 Å². The van der Waals surface area contributed by atoms with Crippen molar-refractivity contribution in [2.45, 2.75) is 64.7 Å². The average Bonchev–Trinajstić information content (AvgIpc) is 3.52. The van der Waals surface area contributed by atoms with Crippen LogP contribution in [-0.4, -0.2) is 30.1 Å². The molecule has 1 saturated carbocycles. The van der Waals surface area contributed by atoms with E-state index < -0.39 is 19.3 Å². The molecule has 0 aromatic heterocycles. The van der Waals surface area contributed by atoms with E-state index in [2.05, 4.69) is 92.8 Å². The van der Waals surface area contributed by atoms with E-state index in [0.717, 1.165) is 13.0 Å². The first-order chi connectivity index (χ1) is 15.0. The van der Waals surface area contributed by atoms with Gasteiger partial charge in [0, 0.05) is 12.8 Å². The molecule has 0 radical (unpaired) electrons. The van der Waals surface area contributed by atoms with E-state index >= 15 is 0 Å². The van der Waals surface area contributed by atoms with Crippen LogP contribution >= 0.6 is 0 Å². The van der Waals surface area contributed by atoms with Crippen LogP contribution in [-0.2, 0) is 15.4 Å². The van der Waals surface area contributed by atoms with Crippen LogP contribution in [0.5, 0.6) is 0 Å². The third-order valence-electron chi connectivity index (χ3n) is 6.50. The van der Waals surface area contributed by atoms with Crippen LogP contribution in [0.3, 0.4) is 0 Å². The fourth-order valence-electron chi connectivity index (χ4n) is 4.52. The summed E-state index contributed by atoms with van der Waals surface area (Å²) >= 11 is 0. The molecule has 0 bridgehead atoms. The molecule has 3 nitrogen and oxygen atoms in total. The van der Waals surface area contributed by atoms with Gasteiger partial charge in [0.2, 0.25) is 0 Å². The lowest BCUT2D eigenvalue weighted by atomic mass is 10.1. The summed E-state index contributed by atoms with van der Waals surface area (Å²) in [6, 6.07) is 21.6. The topological polar surface area (TPSA) is 38.7 Å². The fourth-order valence-corrected chi connectivity index (χ4v) is 9.76. The van der Waals surface area contributed by atoms with Gasteiger partial charge in [-0.05, 0) is 60.4 Å². The normalized spacial score (nSPS) is 21.5. The summed E-state index contributed by atoms with van der Waals surface area (Å²) in [7, 11) is -3.67. The minimum Gasteiger partial charge on any atom is -0.407 e. The molecular weight excluding hydrogens is 430 g/mol. The number of rotatable bonds is 8. The molecule has 1 aliphatic rings. The molecule has 2 aromatic rings. The molecule has 0 spiro atoms. The van der Waals surface area contributed by atoms with Gasteiger partial charge in [-0.15, -0.1) is 0 Å². The van der Waals surface area contributed by atoms with Crippen LogP contribution in [0.25, 0.3) is 0 Å². The first-order valence-corrected chi connectivity index (χ1v) is 14.7. The Morgan fingerprint density at radius 1 is 1.00 bits per heavy atom. The van der Waals surface area contributed by atoms with Gasteiger partial charge in [0.05, 0.1) is 4.75 Å². The highest BCUT2D eigenvalue weighted by molar-refractivity contribution is 7.85. The van der Waals surface area contributed by atoms with Gasteiger partial charge in [-0.25, -0.2) is 4.21 Å². The fraction of sp³-hybridized carbons (Fsp3) is 0.519. The minimum atomic E-state index is -2.48. The van der Waals surface area contributed by atoms with Crippen molar-refractivity contribution in [2.75, 3.05) is 6.61 Å². The zero-order chi connectivity index (χ0) is 23.6.